The molecule has 3 rings (SSSR count). The number of ether oxygens (including phenoxy) is 3. The molecule has 2 aliphatic heterocycles. The molecule has 1 saturated heterocycles. The Morgan fingerprint density at radius 3 is 3.00 bits per heavy atom. The van der Waals surface area contributed by atoms with Crippen molar-refractivity contribution in [2.75, 3.05) is 13.2 Å². The quantitative estimate of drug-likeness (QED) is 0.647. The van der Waals surface area contributed by atoms with E-state index in [2.05, 4.69) is 32.9 Å². The van der Waals surface area contributed by atoms with Gasteiger partial charge in [-0.05, 0) is 63.0 Å². The van der Waals surface area contributed by atoms with Crippen LogP contribution in [0.25, 0.3) is 0 Å². The minimum atomic E-state index is 0.166. The Kier molecular flexibility index (Phi) is 5.15. The van der Waals surface area contributed by atoms with Gasteiger partial charge in [-0.3, -0.25) is 0 Å². The summed E-state index contributed by atoms with van der Waals surface area (Å²) in [4.78, 5) is 0. The number of aryl methyl sites for hydroxylation is 1. The molecule has 1 aromatic rings. The molecule has 0 spiro atoms. The third-order valence-corrected chi connectivity index (χ3v) is 5.43. The number of hydrogen-bond donors (Lipinski definition) is 0. The summed E-state index contributed by atoms with van der Waals surface area (Å²) in [5, 5.41) is 0. The lowest BCUT2D eigenvalue weighted by Crippen LogP contribution is -2.10. The first-order valence-electron chi connectivity index (χ1n) is 9.17. The SMILES string of the molecule is CCC1(C)OC1CCC(C)CCOc1ccc2c(c1)OCCC2. The average Bonchev–Trinajstić information content (AvgIpc) is 3.24. The van der Waals surface area contributed by atoms with E-state index in [0.717, 1.165) is 50.4 Å². The first kappa shape index (κ1) is 16.6. The average molecular weight is 318 g/mol. The highest BCUT2D eigenvalue weighted by molar-refractivity contribution is 5.41. The van der Waals surface area contributed by atoms with Crippen molar-refractivity contribution in [3.05, 3.63) is 23.8 Å². The maximum atomic E-state index is 5.92. The van der Waals surface area contributed by atoms with Gasteiger partial charge in [-0.2, -0.15) is 0 Å². The van der Waals surface area contributed by atoms with E-state index in [1.54, 1.807) is 0 Å². The van der Waals surface area contributed by atoms with Crippen molar-refractivity contribution in [1.82, 2.24) is 0 Å². The summed E-state index contributed by atoms with van der Waals surface area (Å²) in [5.41, 5.74) is 1.47. The summed E-state index contributed by atoms with van der Waals surface area (Å²) in [6.07, 6.45) is 7.32. The topological polar surface area (TPSA) is 31.0 Å². The van der Waals surface area contributed by atoms with Crippen molar-refractivity contribution in [3.63, 3.8) is 0 Å². The van der Waals surface area contributed by atoms with E-state index < -0.39 is 0 Å². The highest BCUT2D eigenvalue weighted by Gasteiger charge is 2.49. The molecule has 3 atom stereocenters. The summed E-state index contributed by atoms with van der Waals surface area (Å²) in [6, 6.07) is 6.26. The Labute approximate surface area is 140 Å². The van der Waals surface area contributed by atoms with Gasteiger partial charge < -0.3 is 14.2 Å². The van der Waals surface area contributed by atoms with Gasteiger partial charge in [-0.1, -0.05) is 19.9 Å². The van der Waals surface area contributed by atoms with Crippen molar-refractivity contribution < 1.29 is 14.2 Å². The van der Waals surface area contributed by atoms with Crippen LogP contribution in [-0.2, 0) is 11.2 Å². The normalized spacial score (nSPS) is 27.0. The fourth-order valence-electron chi connectivity index (χ4n) is 3.33. The Morgan fingerprint density at radius 2 is 2.22 bits per heavy atom. The molecular formula is C20H30O3. The van der Waals surface area contributed by atoms with Gasteiger partial charge in [0.25, 0.3) is 0 Å². The Morgan fingerprint density at radius 1 is 1.35 bits per heavy atom. The van der Waals surface area contributed by atoms with Crippen LogP contribution < -0.4 is 9.47 Å². The molecule has 0 aromatic heterocycles. The van der Waals surface area contributed by atoms with E-state index in [1.807, 2.05) is 6.07 Å². The van der Waals surface area contributed by atoms with Gasteiger partial charge in [0.1, 0.15) is 11.5 Å². The van der Waals surface area contributed by atoms with Crippen LogP contribution >= 0.6 is 0 Å². The van der Waals surface area contributed by atoms with Gasteiger partial charge in [-0.25, -0.2) is 0 Å². The first-order chi connectivity index (χ1) is 11.1. The Balaban J connectivity index is 1.36. The van der Waals surface area contributed by atoms with Crippen molar-refractivity contribution >= 4 is 0 Å². The summed E-state index contributed by atoms with van der Waals surface area (Å²) in [5.74, 6) is 2.61. The van der Waals surface area contributed by atoms with Crippen molar-refractivity contribution in [3.8, 4) is 11.5 Å². The molecule has 3 nitrogen and oxygen atoms in total. The van der Waals surface area contributed by atoms with Crippen LogP contribution in [0.2, 0.25) is 0 Å². The zero-order valence-electron chi connectivity index (χ0n) is 14.8. The number of fused-ring (bicyclic) bond motifs is 1. The molecule has 3 unspecified atom stereocenters. The summed E-state index contributed by atoms with van der Waals surface area (Å²) < 4.78 is 17.4. The Hall–Kier alpha value is -1.22. The van der Waals surface area contributed by atoms with Gasteiger partial charge in [-0.15, -0.1) is 0 Å². The number of benzene rings is 1. The second-order valence-electron chi connectivity index (χ2n) is 7.31. The molecule has 0 saturated carbocycles. The van der Waals surface area contributed by atoms with Crippen LogP contribution in [-0.4, -0.2) is 24.9 Å². The van der Waals surface area contributed by atoms with Crippen molar-refractivity contribution in [2.45, 2.75) is 71.0 Å². The molecule has 0 aliphatic carbocycles. The predicted molar refractivity (Wildman–Crippen MR) is 92.3 cm³/mol. The van der Waals surface area contributed by atoms with Gasteiger partial charge in [0.15, 0.2) is 0 Å². The molecule has 2 heterocycles. The molecule has 3 heteroatoms. The van der Waals surface area contributed by atoms with Crippen LogP contribution in [0.5, 0.6) is 11.5 Å². The zero-order chi connectivity index (χ0) is 16.3. The lowest BCUT2D eigenvalue weighted by Gasteiger charge is -2.18. The van der Waals surface area contributed by atoms with Crippen LogP contribution in [0.4, 0.5) is 0 Å². The smallest absolute Gasteiger partial charge is 0.126 e. The number of epoxide rings is 1. The summed E-state index contributed by atoms with van der Waals surface area (Å²) >= 11 is 0. The molecule has 23 heavy (non-hydrogen) atoms. The van der Waals surface area contributed by atoms with Gasteiger partial charge >= 0.3 is 0 Å². The molecular weight excluding hydrogens is 288 g/mol. The summed E-state index contributed by atoms with van der Waals surface area (Å²) in [6.45, 7) is 8.35. The highest BCUT2D eigenvalue weighted by Crippen LogP contribution is 2.42. The van der Waals surface area contributed by atoms with Gasteiger partial charge in [0.05, 0.1) is 24.9 Å². The monoisotopic (exact) mass is 318 g/mol. The van der Waals surface area contributed by atoms with E-state index >= 15 is 0 Å². The second kappa shape index (κ2) is 7.12. The molecule has 0 radical (unpaired) electrons. The largest absolute Gasteiger partial charge is 0.493 e. The van der Waals surface area contributed by atoms with Crippen molar-refractivity contribution in [2.24, 2.45) is 5.92 Å². The fraction of sp³-hybridized carbons (Fsp3) is 0.700. The van der Waals surface area contributed by atoms with Crippen LogP contribution in [0.1, 0.15) is 58.4 Å². The minimum absolute atomic E-state index is 0.166. The lowest BCUT2D eigenvalue weighted by molar-refractivity contribution is 0.263. The van der Waals surface area contributed by atoms with E-state index in [-0.39, 0.29) is 5.60 Å². The van der Waals surface area contributed by atoms with Crippen LogP contribution in [0.3, 0.4) is 0 Å². The number of rotatable bonds is 8. The molecule has 1 aromatic carbocycles. The maximum absolute atomic E-state index is 5.92. The molecule has 1 fully saturated rings. The molecule has 2 aliphatic rings. The third-order valence-electron chi connectivity index (χ3n) is 5.43. The minimum Gasteiger partial charge on any atom is -0.493 e. The van der Waals surface area contributed by atoms with E-state index in [4.69, 9.17) is 14.2 Å². The summed E-state index contributed by atoms with van der Waals surface area (Å²) in [7, 11) is 0. The molecule has 128 valence electrons. The van der Waals surface area contributed by atoms with Gasteiger partial charge in [0.2, 0.25) is 0 Å². The molecule has 0 bridgehead atoms. The number of hydrogen-bond acceptors (Lipinski definition) is 3. The zero-order valence-corrected chi connectivity index (χ0v) is 14.8. The predicted octanol–water partition coefficient (Wildman–Crippen LogP) is 4.76. The molecule has 0 amide bonds. The van der Waals surface area contributed by atoms with Crippen LogP contribution in [0.15, 0.2) is 18.2 Å². The van der Waals surface area contributed by atoms with Crippen LogP contribution in [0, 0.1) is 5.92 Å². The second-order valence-corrected chi connectivity index (χ2v) is 7.31. The van der Waals surface area contributed by atoms with E-state index in [0.29, 0.717) is 12.0 Å². The molecule has 0 N–H and O–H groups in total. The lowest BCUT2D eigenvalue weighted by atomic mass is 9.96. The van der Waals surface area contributed by atoms with Crippen molar-refractivity contribution in [1.29, 1.82) is 0 Å². The van der Waals surface area contributed by atoms with E-state index in [9.17, 15) is 0 Å². The highest BCUT2D eigenvalue weighted by atomic mass is 16.6. The fourth-order valence-corrected chi connectivity index (χ4v) is 3.33. The first-order valence-corrected chi connectivity index (χ1v) is 9.17. The standard InChI is InChI=1S/C20H30O3/c1-4-20(3)19(23-20)10-7-15(2)11-13-21-17-9-8-16-6-5-12-22-18(16)14-17/h8-9,14-15,19H,4-7,10-13H2,1-3H3. The maximum Gasteiger partial charge on any atom is 0.126 e. The third kappa shape index (κ3) is 4.20. The Bertz CT molecular complexity index is 528. The van der Waals surface area contributed by atoms with Gasteiger partial charge in [0, 0.05) is 6.07 Å². The van der Waals surface area contributed by atoms with E-state index in [1.165, 1.54) is 18.4 Å².